The van der Waals surface area contributed by atoms with Crippen molar-refractivity contribution in [3.63, 3.8) is 0 Å². The van der Waals surface area contributed by atoms with Crippen molar-refractivity contribution in [2.75, 3.05) is 5.32 Å². The predicted molar refractivity (Wildman–Crippen MR) is 110 cm³/mol. The number of benzene rings is 2. The Labute approximate surface area is 169 Å². The molecule has 3 aromatic rings. The molecule has 0 radical (unpaired) electrons. The molecule has 2 N–H and O–H groups in total. The minimum absolute atomic E-state index is 0.301. The maximum absolute atomic E-state index is 13.1. The Balaban J connectivity index is 1.60. The van der Waals surface area contributed by atoms with Crippen LogP contribution in [0.15, 0.2) is 48.5 Å². The molecule has 150 valence electrons. The van der Waals surface area contributed by atoms with E-state index in [1.807, 2.05) is 69.3 Å². The van der Waals surface area contributed by atoms with Crippen LogP contribution in [0.1, 0.15) is 31.9 Å². The summed E-state index contributed by atoms with van der Waals surface area (Å²) in [5, 5.41) is 2.82. The van der Waals surface area contributed by atoms with Crippen LogP contribution in [0.4, 0.5) is 10.7 Å². The van der Waals surface area contributed by atoms with Gasteiger partial charge in [-0.05, 0) is 44.0 Å². The van der Waals surface area contributed by atoms with Gasteiger partial charge in [0, 0.05) is 6.42 Å². The number of aromatic amines is 1. The van der Waals surface area contributed by atoms with Crippen LogP contribution in [0.25, 0.3) is 11.0 Å². The molecule has 0 aliphatic carbocycles. The minimum atomic E-state index is -0.687. The van der Waals surface area contributed by atoms with Crippen LogP contribution in [0.3, 0.4) is 0 Å². The number of hydrogen-bond donors (Lipinski definition) is 2. The Morgan fingerprint density at radius 3 is 2.52 bits per heavy atom. The first kappa shape index (κ1) is 19.0. The summed E-state index contributed by atoms with van der Waals surface area (Å²) in [5.74, 6) is 0.0589. The number of carbonyl (C=O) groups is 2. The van der Waals surface area contributed by atoms with Gasteiger partial charge in [0.05, 0.1) is 17.6 Å². The highest BCUT2D eigenvalue weighted by Crippen LogP contribution is 2.26. The van der Waals surface area contributed by atoms with Crippen molar-refractivity contribution in [3.05, 3.63) is 59.7 Å². The van der Waals surface area contributed by atoms with E-state index in [0.717, 1.165) is 22.2 Å². The first-order chi connectivity index (χ1) is 13.8. The number of carbonyl (C=O) groups excluding carboxylic acids is 2. The molecule has 2 amide bonds. The standard InChI is InChI=1S/C22H24N4O3/c1-22(2,3)29-21(28)26-13-15-9-5-4-8-14(15)12-18(26)19(27)25-20-23-16-10-6-7-11-17(16)24-20/h4-11,18H,12-13H2,1-3H3,(H2,23,24,25,27). The number of nitrogens with zero attached hydrogens (tertiary/aromatic N) is 2. The lowest BCUT2D eigenvalue weighted by Gasteiger charge is -2.36. The number of imidazole rings is 1. The van der Waals surface area contributed by atoms with E-state index in [1.54, 1.807) is 0 Å². The summed E-state index contributed by atoms with van der Waals surface area (Å²) in [5.41, 5.74) is 3.03. The second-order valence-corrected chi connectivity index (χ2v) is 8.19. The predicted octanol–water partition coefficient (Wildman–Crippen LogP) is 3.86. The van der Waals surface area contributed by atoms with E-state index in [-0.39, 0.29) is 5.91 Å². The second kappa shape index (κ2) is 7.24. The average molecular weight is 392 g/mol. The highest BCUT2D eigenvalue weighted by Gasteiger charge is 2.37. The van der Waals surface area contributed by atoms with Crippen LogP contribution >= 0.6 is 0 Å². The van der Waals surface area contributed by atoms with Gasteiger partial charge < -0.3 is 9.72 Å². The summed E-state index contributed by atoms with van der Waals surface area (Å²) in [6.07, 6.45) is -0.0849. The number of nitrogens with one attached hydrogen (secondary N) is 2. The summed E-state index contributed by atoms with van der Waals surface area (Å²) in [4.78, 5) is 34.9. The fraction of sp³-hybridized carbons (Fsp3) is 0.318. The van der Waals surface area contributed by atoms with Crippen molar-refractivity contribution < 1.29 is 14.3 Å². The molecule has 4 rings (SSSR count). The Morgan fingerprint density at radius 1 is 1.10 bits per heavy atom. The molecule has 1 aromatic heterocycles. The zero-order valence-electron chi connectivity index (χ0n) is 16.7. The molecule has 7 nitrogen and oxygen atoms in total. The van der Waals surface area contributed by atoms with Crippen LogP contribution in [-0.2, 0) is 22.5 Å². The zero-order chi connectivity index (χ0) is 20.6. The summed E-state index contributed by atoms with van der Waals surface area (Å²) in [6, 6.07) is 14.7. The molecule has 29 heavy (non-hydrogen) atoms. The van der Waals surface area contributed by atoms with Gasteiger partial charge in [-0.1, -0.05) is 36.4 Å². The van der Waals surface area contributed by atoms with E-state index in [0.29, 0.717) is 18.9 Å². The smallest absolute Gasteiger partial charge is 0.411 e. The van der Waals surface area contributed by atoms with Crippen LogP contribution in [0.2, 0.25) is 0 Å². The molecule has 0 spiro atoms. The fourth-order valence-electron chi connectivity index (χ4n) is 3.48. The number of ether oxygens (including phenoxy) is 1. The van der Waals surface area contributed by atoms with E-state index >= 15 is 0 Å². The number of rotatable bonds is 2. The largest absolute Gasteiger partial charge is 0.444 e. The molecule has 1 aliphatic rings. The van der Waals surface area contributed by atoms with Gasteiger partial charge in [0.1, 0.15) is 11.6 Å². The van der Waals surface area contributed by atoms with Crippen LogP contribution in [0.5, 0.6) is 0 Å². The fourth-order valence-corrected chi connectivity index (χ4v) is 3.48. The normalized spacial score (nSPS) is 16.4. The van der Waals surface area contributed by atoms with Gasteiger partial charge in [-0.3, -0.25) is 15.0 Å². The second-order valence-electron chi connectivity index (χ2n) is 8.19. The monoisotopic (exact) mass is 392 g/mol. The van der Waals surface area contributed by atoms with Crippen molar-refractivity contribution in [1.82, 2.24) is 14.9 Å². The molecule has 1 aliphatic heterocycles. The Kier molecular flexibility index (Phi) is 4.74. The average Bonchev–Trinajstić information content (AvgIpc) is 3.07. The van der Waals surface area contributed by atoms with E-state index in [9.17, 15) is 9.59 Å². The van der Waals surface area contributed by atoms with Crippen molar-refractivity contribution in [2.24, 2.45) is 0 Å². The third-order valence-corrected chi connectivity index (χ3v) is 4.81. The van der Waals surface area contributed by atoms with Gasteiger partial charge in [-0.25, -0.2) is 9.78 Å². The summed E-state index contributed by atoms with van der Waals surface area (Å²) >= 11 is 0. The number of H-pyrrole nitrogens is 1. The first-order valence-electron chi connectivity index (χ1n) is 9.62. The lowest BCUT2D eigenvalue weighted by atomic mass is 9.94. The number of amides is 2. The molecule has 0 fully saturated rings. The maximum atomic E-state index is 13.1. The van der Waals surface area contributed by atoms with E-state index < -0.39 is 17.7 Å². The number of aromatic nitrogens is 2. The number of hydrogen-bond acceptors (Lipinski definition) is 4. The van der Waals surface area contributed by atoms with Gasteiger partial charge in [-0.15, -0.1) is 0 Å². The molecular formula is C22H24N4O3. The Hall–Kier alpha value is -3.35. The van der Waals surface area contributed by atoms with E-state index in [2.05, 4.69) is 15.3 Å². The lowest BCUT2D eigenvalue weighted by Crippen LogP contribution is -2.52. The molecule has 1 unspecified atom stereocenters. The van der Waals surface area contributed by atoms with Crippen molar-refractivity contribution in [3.8, 4) is 0 Å². The molecule has 2 aromatic carbocycles. The molecule has 7 heteroatoms. The summed E-state index contributed by atoms with van der Waals surface area (Å²) in [6.45, 7) is 5.76. The van der Waals surface area contributed by atoms with Gasteiger partial charge in [-0.2, -0.15) is 0 Å². The van der Waals surface area contributed by atoms with Gasteiger partial charge in [0.25, 0.3) is 0 Å². The van der Waals surface area contributed by atoms with Gasteiger partial charge in [0.15, 0.2) is 0 Å². The summed E-state index contributed by atoms with van der Waals surface area (Å²) in [7, 11) is 0. The number of para-hydroxylation sites is 2. The molecule has 0 saturated heterocycles. The third-order valence-electron chi connectivity index (χ3n) is 4.81. The zero-order valence-corrected chi connectivity index (χ0v) is 16.7. The molecular weight excluding hydrogens is 368 g/mol. The van der Waals surface area contributed by atoms with Crippen LogP contribution in [-0.4, -0.2) is 38.5 Å². The minimum Gasteiger partial charge on any atom is -0.444 e. The highest BCUT2D eigenvalue weighted by molar-refractivity contribution is 5.97. The quantitative estimate of drug-likeness (QED) is 0.693. The molecule has 0 saturated carbocycles. The molecule has 1 atom stereocenters. The topological polar surface area (TPSA) is 87.3 Å². The maximum Gasteiger partial charge on any atom is 0.411 e. The number of anilines is 1. The third kappa shape index (κ3) is 4.08. The highest BCUT2D eigenvalue weighted by atomic mass is 16.6. The SMILES string of the molecule is CC(C)(C)OC(=O)N1Cc2ccccc2CC1C(=O)Nc1nc2ccccc2[nH]1. The van der Waals surface area contributed by atoms with Crippen LogP contribution < -0.4 is 5.32 Å². The lowest BCUT2D eigenvalue weighted by molar-refractivity contribution is -0.121. The first-order valence-corrected chi connectivity index (χ1v) is 9.62. The Bertz CT molecular complexity index is 1030. The summed E-state index contributed by atoms with van der Waals surface area (Å²) < 4.78 is 5.55. The van der Waals surface area contributed by atoms with Gasteiger partial charge >= 0.3 is 6.09 Å². The number of fused-ring (bicyclic) bond motifs is 2. The molecule has 0 bridgehead atoms. The van der Waals surface area contributed by atoms with Crippen molar-refractivity contribution in [1.29, 1.82) is 0 Å². The Morgan fingerprint density at radius 2 is 1.79 bits per heavy atom. The molecule has 2 heterocycles. The van der Waals surface area contributed by atoms with Gasteiger partial charge in [0.2, 0.25) is 11.9 Å². The van der Waals surface area contributed by atoms with E-state index in [1.165, 1.54) is 4.90 Å². The van der Waals surface area contributed by atoms with Crippen LogP contribution in [0, 0.1) is 0 Å². The van der Waals surface area contributed by atoms with Crippen molar-refractivity contribution >= 4 is 29.0 Å². The van der Waals surface area contributed by atoms with E-state index in [4.69, 9.17) is 4.74 Å². The van der Waals surface area contributed by atoms with Crippen molar-refractivity contribution in [2.45, 2.75) is 45.4 Å².